The second-order valence-electron chi connectivity index (χ2n) is 0. The number of rotatable bonds is 0. The molecule has 4 heavy (non-hydrogen) atoms. The van der Waals surface area contributed by atoms with E-state index in [1.165, 1.54) is 0 Å². The van der Waals surface area contributed by atoms with Crippen LogP contribution in [0.5, 0.6) is 0 Å². The first kappa shape index (κ1) is 25.4. The van der Waals surface area contributed by atoms with Gasteiger partial charge in [-0.1, -0.05) is 0 Å². The van der Waals surface area contributed by atoms with Gasteiger partial charge >= 0.3 is 0 Å². The molecule has 0 N–H and O–H groups in total. The SMILES string of the molecule is [Cr].[Fe].[Sr].[Y]. The van der Waals surface area contributed by atoms with E-state index in [4.69, 9.17) is 0 Å². The first-order valence-corrected chi connectivity index (χ1v) is 0. The summed E-state index contributed by atoms with van der Waals surface area (Å²) in [4.78, 5) is 0. The van der Waals surface area contributed by atoms with Gasteiger partial charge in [0.2, 0.25) is 0 Å². The molecular formula is CrFeSrY. The maximum atomic E-state index is 0. The predicted octanol–water partition coefficient (Wildman–Crippen LogP) is -0.388. The van der Waals surface area contributed by atoms with Gasteiger partial charge in [0.05, 0.1) is 0 Å². The Balaban J connectivity index is 0. The summed E-state index contributed by atoms with van der Waals surface area (Å²) in [5, 5.41) is 0. The molecule has 0 aromatic carbocycles. The van der Waals surface area contributed by atoms with Gasteiger partial charge in [-0.25, -0.2) is 0 Å². The topological polar surface area (TPSA) is 0 Å². The first-order valence-electron chi connectivity index (χ1n) is 0. The van der Waals surface area contributed by atoms with E-state index < -0.39 is 0 Å². The predicted molar refractivity (Wildman–Crippen MR) is 5.75 cm³/mol. The molecule has 0 aromatic rings. The summed E-state index contributed by atoms with van der Waals surface area (Å²) in [5.74, 6) is 0. The van der Waals surface area contributed by atoms with Gasteiger partial charge in [-0.05, 0) is 0 Å². The van der Waals surface area contributed by atoms with E-state index in [2.05, 4.69) is 0 Å². The van der Waals surface area contributed by atoms with Gasteiger partial charge in [-0.15, -0.1) is 0 Å². The Hall–Kier alpha value is 3.64. The maximum absolute atomic E-state index is 0. The van der Waals surface area contributed by atoms with Crippen molar-refractivity contribution >= 4 is 45.5 Å². The Morgan fingerprint density at radius 2 is 1.00 bits per heavy atom. The Morgan fingerprint density at radius 1 is 1.00 bits per heavy atom. The molecule has 0 aliphatic rings. The monoisotopic (exact) mass is 285 g/mol. The fourth-order valence-corrected chi connectivity index (χ4v) is 0. The summed E-state index contributed by atoms with van der Waals surface area (Å²) in [6, 6.07) is 0. The molecule has 0 aromatic heterocycles. The van der Waals surface area contributed by atoms with Crippen LogP contribution in [0.25, 0.3) is 0 Å². The Morgan fingerprint density at radius 3 is 1.00 bits per heavy atom. The average molecular weight is 284 g/mol. The zero-order valence-electron chi connectivity index (χ0n) is 2.05. The molecule has 0 atom stereocenters. The van der Waals surface area contributed by atoms with E-state index in [0.717, 1.165) is 0 Å². The van der Waals surface area contributed by atoms with Crippen LogP contribution in [0.1, 0.15) is 0 Å². The third-order valence-corrected chi connectivity index (χ3v) is 0. The third kappa shape index (κ3) is 9.16. The molecule has 0 saturated heterocycles. The van der Waals surface area contributed by atoms with Crippen molar-refractivity contribution in [2.24, 2.45) is 0 Å². The van der Waals surface area contributed by atoms with Gasteiger partial charge in [0.15, 0.2) is 0 Å². The second-order valence-corrected chi connectivity index (χ2v) is 0. The van der Waals surface area contributed by atoms with Crippen LogP contribution < -0.4 is 0 Å². The third-order valence-electron chi connectivity index (χ3n) is 0. The van der Waals surface area contributed by atoms with Crippen molar-refractivity contribution in [3.05, 3.63) is 0 Å². The molecule has 0 bridgehead atoms. The van der Waals surface area contributed by atoms with Gasteiger partial charge in [0.25, 0.3) is 0 Å². The number of hydrogen-bond donors (Lipinski definition) is 0. The summed E-state index contributed by atoms with van der Waals surface area (Å²) in [6.45, 7) is 0. The van der Waals surface area contributed by atoms with Gasteiger partial charge in [-0.2, -0.15) is 0 Å². The van der Waals surface area contributed by atoms with Crippen molar-refractivity contribution in [3.8, 4) is 0 Å². The molecule has 0 unspecified atom stereocenters. The van der Waals surface area contributed by atoms with Crippen molar-refractivity contribution in [1.29, 1.82) is 0 Å². The van der Waals surface area contributed by atoms with E-state index in [9.17, 15) is 0 Å². The molecule has 0 fully saturated rings. The van der Waals surface area contributed by atoms with Gasteiger partial charge in [0, 0.05) is 113 Å². The maximum Gasteiger partial charge on any atom is 0 e. The minimum absolute atomic E-state index is 0. The van der Waals surface area contributed by atoms with Crippen LogP contribution in [0, 0.1) is 0 Å². The van der Waals surface area contributed by atoms with Crippen molar-refractivity contribution in [2.45, 2.75) is 0 Å². The van der Waals surface area contributed by atoms with Crippen LogP contribution in [0.15, 0.2) is 0 Å². The minimum atomic E-state index is 0. The molecule has 3 radical (unpaired) electrons. The van der Waals surface area contributed by atoms with Crippen molar-refractivity contribution in [3.63, 3.8) is 0 Å². The van der Waals surface area contributed by atoms with Crippen LogP contribution >= 0.6 is 0 Å². The van der Waals surface area contributed by atoms with E-state index in [0.29, 0.717) is 0 Å². The standard InChI is InChI=1S/Cr.Fe.Sr.Y. The smallest absolute Gasteiger partial charge is 0 e. The van der Waals surface area contributed by atoms with Crippen molar-refractivity contribution < 1.29 is 67.1 Å². The molecule has 0 rings (SSSR count). The molecule has 0 saturated carbocycles. The summed E-state index contributed by atoms with van der Waals surface area (Å²) >= 11 is 0. The molecule has 0 spiro atoms. The Kier molecular flexibility index (Phi) is 101. The Bertz CT molecular complexity index is 8.00. The van der Waals surface area contributed by atoms with Gasteiger partial charge in [0.1, 0.15) is 0 Å². The summed E-state index contributed by atoms with van der Waals surface area (Å²) in [5.41, 5.74) is 0. The first-order chi connectivity index (χ1) is 0. The zero-order chi connectivity index (χ0) is 0. The van der Waals surface area contributed by atoms with Crippen molar-refractivity contribution in [1.82, 2.24) is 0 Å². The fraction of sp³-hybridized carbons (Fsp3) is 0. The molecule has 4 heteroatoms. The Labute approximate surface area is 110 Å². The van der Waals surface area contributed by atoms with E-state index in [-0.39, 0.29) is 113 Å². The van der Waals surface area contributed by atoms with Gasteiger partial charge in [-0.3, -0.25) is 0 Å². The molecular weight excluding hydrogens is 284 g/mol. The van der Waals surface area contributed by atoms with Crippen LogP contribution in [-0.4, -0.2) is 45.5 Å². The molecule has 19 valence electrons. The normalized spacial score (nSPS) is 0. The molecule has 0 aliphatic heterocycles. The molecule has 0 aliphatic carbocycles. The fourth-order valence-electron chi connectivity index (χ4n) is 0. The average Bonchev–Trinajstić information content (AvgIpc) is 0. The molecule has 0 amide bonds. The van der Waals surface area contributed by atoms with E-state index >= 15 is 0 Å². The second kappa shape index (κ2) is 15.9. The van der Waals surface area contributed by atoms with Crippen LogP contribution in [0.2, 0.25) is 0 Å². The summed E-state index contributed by atoms with van der Waals surface area (Å²) < 4.78 is 0. The summed E-state index contributed by atoms with van der Waals surface area (Å²) in [7, 11) is 0. The minimum Gasteiger partial charge on any atom is 0 e. The van der Waals surface area contributed by atoms with Crippen LogP contribution in [0.3, 0.4) is 0 Å². The van der Waals surface area contributed by atoms with Crippen molar-refractivity contribution in [2.75, 3.05) is 0 Å². The summed E-state index contributed by atoms with van der Waals surface area (Å²) in [6.07, 6.45) is 0. The molecule has 0 heterocycles. The van der Waals surface area contributed by atoms with Crippen LogP contribution in [-0.2, 0) is 67.1 Å². The quantitative estimate of drug-likeness (QED) is 0.532. The van der Waals surface area contributed by atoms with E-state index in [1.54, 1.807) is 0 Å². The zero-order valence-corrected chi connectivity index (χ0v) is 10.7. The largest absolute Gasteiger partial charge is 0 e. The van der Waals surface area contributed by atoms with Gasteiger partial charge < -0.3 is 0 Å². The number of hydrogen-bond acceptors (Lipinski definition) is 0. The van der Waals surface area contributed by atoms with Crippen LogP contribution in [0.4, 0.5) is 0 Å². The molecule has 0 nitrogen and oxygen atoms in total. The van der Waals surface area contributed by atoms with E-state index in [1.807, 2.05) is 0 Å².